The number of nitrogens with one attached hydrogen (secondary N) is 1. The van der Waals surface area contributed by atoms with Crippen LogP contribution >= 0.6 is 0 Å². The van der Waals surface area contributed by atoms with E-state index in [-0.39, 0.29) is 6.04 Å². The maximum atomic E-state index is 11.1. The molecule has 1 aromatic rings. The Morgan fingerprint density at radius 3 is 2.60 bits per heavy atom. The zero-order valence-corrected chi connectivity index (χ0v) is 11.8. The number of fused-ring (bicyclic) bond motifs is 1. The first kappa shape index (κ1) is 13.5. The van der Waals surface area contributed by atoms with Crippen LogP contribution in [0.2, 0.25) is 0 Å². The molecule has 2 aliphatic carbocycles. The molecule has 1 aromatic carbocycles. The molecule has 0 aromatic heterocycles. The molecule has 0 heterocycles. The highest BCUT2D eigenvalue weighted by Gasteiger charge is 2.47. The summed E-state index contributed by atoms with van der Waals surface area (Å²) in [4.78, 5) is 0. The lowest BCUT2D eigenvalue weighted by Gasteiger charge is -2.49. The number of anilines is 1. The van der Waals surface area contributed by atoms with Crippen molar-refractivity contribution in [2.75, 3.05) is 5.32 Å². The molecule has 0 radical (unpaired) electrons. The van der Waals surface area contributed by atoms with E-state index in [1.54, 1.807) is 0 Å². The molecule has 0 aliphatic heterocycles. The topological polar surface area (TPSA) is 56.0 Å². The minimum atomic E-state index is -0.537. The Morgan fingerprint density at radius 1 is 1.10 bits per heavy atom. The van der Waals surface area contributed by atoms with Gasteiger partial charge in [0.25, 0.3) is 0 Å². The largest absolute Gasteiger partial charge is 0.387 e. The van der Waals surface area contributed by atoms with Crippen molar-refractivity contribution in [1.29, 1.82) is 5.26 Å². The Kier molecular flexibility index (Phi) is 3.67. The van der Waals surface area contributed by atoms with E-state index in [1.165, 1.54) is 25.7 Å². The summed E-state index contributed by atoms with van der Waals surface area (Å²) in [5.74, 6) is 0.459. The van der Waals surface area contributed by atoms with Crippen LogP contribution in [-0.4, -0.2) is 16.7 Å². The van der Waals surface area contributed by atoms with E-state index in [4.69, 9.17) is 5.26 Å². The predicted molar refractivity (Wildman–Crippen MR) is 79.3 cm³/mol. The fourth-order valence-corrected chi connectivity index (χ4v) is 3.96. The standard InChI is InChI=1S/C17H22N2O/c18-12-13-7-9-15(10-8-13)19-16-6-3-5-14-4-1-2-11-17(14,16)20/h7-10,14,16,19-20H,1-6,11H2/t14-,16-,17-/m1/s1. The van der Waals surface area contributed by atoms with E-state index in [0.717, 1.165) is 24.9 Å². The second-order valence-electron chi connectivity index (χ2n) is 6.25. The van der Waals surface area contributed by atoms with E-state index in [9.17, 15) is 5.11 Å². The highest BCUT2D eigenvalue weighted by molar-refractivity contribution is 5.48. The zero-order chi connectivity index (χ0) is 14.0. The van der Waals surface area contributed by atoms with Gasteiger partial charge in [-0.15, -0.1) is 0 Å². The molecule has 3 atom stereocenters. The maximum Gasteiger partial charge on any atom is 0.0991 e. The number of aliphatic hydroxyl groups is 1. The Labute approximate surface area is 120 Å². The fourth-order valence-electron chi connectivity index (χ4n) is 3.96. The molecule has 20 heavy (non-hydrogen) atoms. The molecule has 0 saturated heterocycles. The van der Waals surface area contributed by atoms with Gasteiger partial charge in [0, 0.05) is 5.69 Å². The van der Waals surface area contributed by atoms with Crippen molar-refractivity contribution in [3.05, 3.63) is 29.8 Å². The van der Waals surface area contributed by atoms with Gasteiger partial charge in [-0.1, -0.05) is 19.3 Å². The van der Waals surface area contributed by atoms with Crippen LogP contribution < -0.4 is 5.32 Å². The first-order valence-electron chi connectivity index (χ1n) is 7.71. The van der Waals surface area contributed by atoms with Crippen molar-refractivity contribution in [3.63, 3.8) is 0 Å². The van der Waals surface area contributed by atoms with Crippen LogP contribution in [0.3, 0.4) is 0 Å². The molecule has 3 rings (SSSR count). The fraction of sp³-hybridized carbons (Fsp3) is 0.588. The average Bonchev–Trinajstić information content (AvgIpc) is 2.49. The smallest absolute Gasteiger partial charge is 0.0991 e. The molecule has 2 saturated carbocycles. The van der Waals surface area contributed by atoms with Crippen molar-refractivity contribution >= 4 is 5.69 Å². The summed E-state index contributed by atoms with van der Waals surface area (Å²) >= 11 is 0. The molecule has 3 nitrogen and oxygen atoms in total. The van der Waals surface area contributed by atoms with E-state index >= 15 is 0 Å². The van der Waals surface area contributed by atoms with Crippen LogP contribution in [0.25, 0.3) is 0 Å². The van der Waals surface area contributed by atoms with Gasteiger partial charge >= 0.3 is 0 Å². The van der Waals surface area contributed by atoms with Crippen molar-refractivity contribution in [2.45, 2.75) is 56.6 Å². The summed E-state index contributed by atoms with van der Waals surface area (Å²) in [7, 11) is 0. The van der Waals surface area contributed by atoms with Gasteiger partial charge in [-0.25, -0.2) is 0 Å². The molecular formula is C17H22N2O. The third kappa shape index (κ3) is 2.41. The first-order valence-corrected chi connectivity index (χ1v) is 7.71. The van der Waals surface area contributed by atoms with Crippen LogP contribution in [-0.2, 0) is 0 Å². The number of nitriles is 1. The van der Waals surface area contributed by atoms with Gasteiger partial charge in [0.2, 0.25) is 0 Å². The lowest BCUT2D eigenvalue weighted by Crippen LogP contribution is -2.56. The van der Waals surface area contributed by atoms with E-state index in [2.05, 4.69) is 11.4 Å². The minimum absolute atomic E-state index is 0.148. The van der Waals surface area contributed by atoms with Crippen molar-refractivity contribution in [2.24, 2.45) is 5.92 Å². The van der Waals surface area contributed by atoms with Crippen molar-refractivity contribution < 1.29 is 5.11 Å². The molecule has 2 fully saturated rings. The van der Waals surface area contributed by atoms with Gasteiger partial charge in [0.1, 0.15) is 0 Å². The summed E-state index contributed by atoms with van der Waals surface area (Å²) in [6, 6.07) is 9.81. The van der Waals surface area contributed by atoms with E-state index < -0.39 is 5.60 Å². The number of rotatable bonds is 2. The van der Waals surface area contributed by atoms with Gasteiger partial charge in [0.05, 0.1) is 23.3 Å². The third-order valence-corrected chi connectivity index (χ3v) is 5.09. The normalized spacial score (nSPS) is 33.0. The molecule has 0 bridgehead atoms. The lowest BCUT2D eigenvalue weighted by atomic mass is 9.65. The number of nitrogens with zero attached hydrogens (tertiary/aromatic N) is 1. The summed E-state index contributed by atoms with van der Waals surface area (Å²) in [5, 5.41) is 23.4. The van der Waals surface area contributed by atoms with Crippen LogP contribution in [0.15, 0.2) is 24.3 Å². The monoisotopic (exact) mass is 270 g/mol. The van der Waals surface area contributed by atoms with Crippen LogP contribution in [0, 0.1) is 17.2 Å². The first-order chi connectivity index (χ1) is 9.72. The van der Waals surface area contributed by atoms with Gasteiger partial charge in [-0.05, 0) is 55.9 Å². The number of hydrogen-bond donors (Lipinski definition) is 2. The van der Waals surface area contributed by atoms with E-state index in [0.29, 0.717) is 11.5 Å². The average molecular weight is 270 g/mol. The van der Waals surface area contributed by atoms with Crippen molar-refractivity contribution in [1.82, 2.24) is 0 Å². The molecule has 2 N–H and O–H groups in total. The second kappa shape index (κ2) is 5.46. The Hall–Kier alpha value is -1.53. The molecular weight excluding hydrogens is 248 g/mol. The Balaban J connectivity index is 1.76. The summed E-state index contributed by atoms with van der Waals surface area (Å²) in [6.45, 7) is 0. The Bertz CT molecular complexity index is 503. The summed E-state index contributed by atoms with van der Waals surface area (Å²) < 4.78 is 0. The molecule has 0 amide bonds. The molecule has 106 valence electrons. The molecule has 0 unspecified atom stereocenters. The van der Waals surface area contributed by atoms with Gasteiger partial charge in [-0.2, -0.15) is 5.26 Å². The lowest BCUT2D eigenvalue weighted by molar-refractivity contribution is -0.0835. The highest BCUT2D eigenvalue weighted by Crippen LogP contribution is 2.44. The van der Waals surface area contributed by atoms with Crippen molar-refractivity contribution in [3.8, 4) is 6.07 Å². The summed E-state index contributed by atoms with van der Waals surface area (Å²) in [6.07, 6.45) is 7.89. The van der Waals surface area contributed by atoms with Gasteiger partial charge in [0.15, 0.2) is 0 Å². The summed E-state index contributed by atoms with van der Waals surface area (Å²) in [5.41, 5.74) is 1.15. The Morgan fingerprint density at radius 2 is 1.85 bits per heavy atom. The SMILES string of the molecule is N#Cc1ccc(N[C@@H]2CCC[C@H]3CCCC[C@@]32O)cc1. The quantitative estimate of drug-likeness (QED) is 0.865. The van der Waals surface area contributed by atoms with Crippen LogP contribution in [0.5, 0.6) is 0 Å². The molecule has 3 heteroatoms. The maximum absolute atomic E-state index is 11.1. The van der Waals surface area contributed by atoms with Crippen LogP contribution in [0.4, 0.5) is 5.69 Å². The third-order valence-electron chi connectivity index (χ3n) is 5.09. The minimum Gasteiger partial charge on any atom is -0.387 e. The van der Waals surface area contributed by atoms with Gasteiger partial charge < -0.3 is 10.4 Å². The predicted octanol–water partition coefficient (Wildman–Crippen LogP) is 3.44. The second-order valence-corrected chi connectivity index (χ2v) is 6.25. The zero-order valence-electron chi connectivity index (χ0n) is 11.8. The van der Waals surface area contributed by atoms with Gasteiger partial charge in [-0.3, -0.25) is 0 Å². The molecule has 0 spiro atoms. The molecule has 2 aliphatic rings. The van der Waals surface area contributed by atoms with Crippen LogP contribution in [0.1, 0.15) is 50.5 Å². The number of hydrogen-bond acceptors (Lipinski definition) is 3. The van der Waals surface area contributed by atoms with E-state index in [1.807, 2.05) is 24.3 Å². The highest BCUT2D eigenvalue weighted by atomic mass is 16.3. The number of benzene rings is 1.